The molecular formula is C17H20N2O3S2. The second kappa shape index (κ2) is 6.64. The molecule has 0 saturated carbocycles. The van der Waals surface area contributed by atoms with E-state index in [-0.39, 0.29) is 4.90 Å². The monoisotopic (exact) mass is 364 g/mol. The molecule has 0 aliphatic heterocycles. The van der Waals surface area contributed by atoms with E-state index in [1.165, 1.54) is 28.3 Å². The smallest absolute Gasteiger partial charge is 0.241 e. The number of hydrogen-bond acceptors (Lipinski definition) is 5. The van der Waals surface area contributed by atoms with Gasteiger partial charge in [-0.3, -0.25) is 4.79 Å². The zero-order valence-corrected chi connectivity index (χ0v) is 15.3. The third kappa shape index (κ3) is 3.84. The van der Waals surface area contributed by atoms with Crippen LogP contribution in [0.1, 0.15) is 29.5 Å². The van der Waals surface area contributed by atoms with Gasteiger partial charge >= 0.3 is 0 Å². The largest absolute Gasteiger partial charge is 0.301 e. The van der Waals surface area contributed by atoms with Crippen LogP contribution < -0.4 is 5.32 Å². The summed E-state index contributed by atoms with van der Waals surface area (Å²) < 4.78 is 24.6. The van der Waals surface area contributed by atoms with Crippen molar-refractivity contribution in [3.63, 3.8) is 0 Å². The molecule has 1 atom stereocenters. The van der Waals surface area contributed by atoms with E-state index in [4.69, 9.17) is 0 Å². The zero-order valence-electron chi connectivity index (χ0n) is 13.7. The maximum absolute atomic E-state index is 12.3. The SMILES string of the molecule is Cc1ccc(S(=O)(=O)CC(=O)Nc2nc3c(s2)C[C@H](C)CC3)cc1. The van der Waals surface area contributed by atoms with Crippen molar-refractivity contribution in [2.24, 2.45) is 5.92 Å². The average Bonchev–Trinajstić information content (AvgIpc) is 2.88. The number of anilines is 1. The van der Waals surface area contributed by atoms with E-state index in [9.17, 15) is 13.2 Å². The van der Waals surface area contributed by atoms with E-state index < -0.39 is 21.5 Å². The van der Waals surface area contributed by atoms with Gasteiger partial charge in [-0.15, -0.1) is 11.3 Å². The number of aryl methyl sites for hydroxylation is 2. The Bertz CT molecular complexity index is 854. The molecule has 1 aliphatic rings. The van der Waals surface area contributed by atoms with E-state index in [0.29, 0.717) is 11.0 Å². The zero-order chi connectivity index (χ0) is 17.3. The van der Waals surface area contributed by atoms with Gasteiger partial charge < -0.3 is 5.32 Å². The molecule has 2 aromatic rings. The maximum Gasteiger partial charge on any atom is 0.241 e. The van der Waals surface area contributed by atoms with Crippen molar-refractivity contribution >= 4 is 32.2 Å². The molecule has 0 unspecified atom stereocenters. The Balaban J connectivity index is 1.68. The third-order valence-electron chi connectivity index (χ3n) is 4.13. The molecular weight excluding hydrogens is 344 g/mol. The van der Waals surface area contributed by atoms with Gasteiger partial charge in [-0.05, 0) is 44.2 Å². The summed E-state index contributed by atoms with van der Waals surface area (Å²) in [5.41, 5.74) is 2.01. The number of aromatic nitrogens is 1. The van der Waals surface area contributed by atoms with Crippen LogP contribution in [0.5, 0.6) is 0 Å². The summed E-state index contributed by atoms with van der Waals surface area (Å²) in [4.78, 5) is 17.9. The standard InChI is InChI=1S/C17H20N2O3S2/c1-11-3-6-13(7-4-11)24(21,22)10-16(20)19-17-18-14-8-5-12(2)9-15(14)23-17/h3-4,6-7,12H,5,8-10H2,1-2H3,(H,18,19,20)/t12-/m1/s1. The number of nitrogens with one attached hydrogen (secondary N) is 1. The lowest BCUT2D eigenvalue weighted by Crippen LogP contribution is -2.23. The van der Waals surface area contributed by atoms with Crippen molar-refractivity contribution < 1.29 is 13.2 Å². The molecule has 24 heavy (non-hydrogen) atoms. The number of amides is 1. The number of benzene rings is 1. The number of thiazole rings is 1. The molecule has 0 saturated heterocycles. The summed E-state index contributed by atoms with van der Waals surface area (Å²) in [5.74, 6) is -0.491. The van der Waals surface area contributed by atoms with Gasteiger partial charge in [-0.25, -0.2) is 13.4 Å². The third-order valence-corrected chi connectivity index (χ3v) is 6.80. The molecule has 3 rings (SSSR count). The highest BCUT2D eigenvalue weighted by Crippen LogP contribution is 2.32. The predicted octanol–water partition coefficient (Wildman–Crippen LogP) is 2.99. The first-order valence-electron chi connectivity index (χ1n) is 7.91. The Morgan fingerprint density at radius 3 is 2.75 bits per heavy atom. The first-order valence-corrected chi connectivity index (χ1v) is 10.4. The summed E-state index contributed by atoms with van der Waals surface area (Å²) in [6.45, 7) is 4.09. The highest BCUT2D eigenvalue weighted by atomic mass is 32.2. The summed E-state index contributed by atoms with van der Waals surface area (Å²) in [6, 6.07) is 6.50. The van der Waals surface area contributed by atoms with Crippen molar-refractivity contribution in [3.05, 3.63) is 40.4 Å². The number of carbonyl (C=O) groups is 1. The molecule has 1 amide bonds. The quantitative estimate of drug-likeness (QED) is 0.905. The molecule has 5 nitrogen and oxygen atoms in total. The number of rotatable bonds is 4. The summed E-state index contributed by atoms with van der Waals surface area (Å²) in [7, 11) is -3.64. The van der Waals surface area contributed by atoms with Crippen molar-refractivity contribution in [2.75, 3.05) is 11.1 Å². The topological polar surface area (TPSA) is 76.1 Å². The number of hydrogen-bond donors (Lipinski definition) is 1. The van der Waals surface area contributed by atoms with Crippen LogP contribution in [0.15, 0.2) is 29.2 Å². The fraction of sp³-hybridized carbons (Fsp3) is 0.412. The van der Waals surface area contributed by atoms with Crippen LogP contribution in [0.3, 0.4) is 0 Å². The summed E-state index contributed by atoms with van der Waals surface area (Å²) in [5, 5.41) is 3.14. The Morgan fingerprint density at radius 2 is 2.04 bits per heavy atom. The van der Waals surface area contributed by atoms with Crippen LogP contribution in [0.4, 0.5) is 5.13 Å². The lowest BCUT2D eigenvalue weighted by Gasteiger charge is -2.15. The van der Waals surface area contributed by atoms with E-state index in [1.807, 2.05) is 6.92 Å². The first kappa shape index (κ1) is 17.1. The Morgan fingerprint density at radius 1 is 1.33 bits per heavy atom. The molecule has 1 N–H and O–H groups in total. The van der Waals surface area contributed by atoms with Gasteiger partial charge in [-0.2, -0.15) is 0 Å². The Labute approximate surface area is 146 Å². The normalized spacial score (nSPS) is 17.3. The Kier molecular flexibility index (Phi) is 4.73. The maximum atomic E-state index is 12.3. The molecule has 1 aromatic heterocycles. The van der Waals surface area contributed by atoms with Crippen LogP contribution in [0.25, 0.3) is 0 Å². The second-order valence-corrected chi connectivity index (χ2v) is 9.43. The number of sulfone groups is 1. The van der Waals surface area contributed by atoms with Crippen molar-refractivity contribution in [3.8, 4) is 0 Å². The van der Waals surface area contributed by atoms with E-state index in [1.54, 1.807) is 12.1 Å². The Hall–Kier alpha value is -1.73. The number of nitrogens with zero attached hydrogens (tertiary/aromatic N) is 1. The minimum absolute atomic E-state index is 0.163. The highest BCUT2D eigenvalue weighted by Gasteiger charge is 2.23. The average molecular weight is 364 g/mol. The fourth-order valence-corrected chi connectivity index (χ4v) is 5.07. The molecule has 0 fully saturated rings. The lowest BCUT2D eigenvalue weighted by molar-refractivity contribution is -0.113. The van der Waals surface area contributed by atoms with Crippen LogP contribution in [0, 0.1) is 12.8 Å². The molecule has 0 radical (unpaired) electrons. The van der Waals surface area contributed by atoms with Gasteiger partial charge in [0.1, 0.15) is 5.75 Å². The molecule has 128 valence electrons. The summed E-state index contributed by atoms with van der Waals surface area (Å²) in [6.07, 6.45) is 3.00. The van der Waals surface area contributed by atoms with Crippen LogP contribution in [-0.2, 0) is 27.5 Å². The summed E-state index contributed by atoms with van der Waals surface area (Å²) >= 11 is 1.45. The van der Waals surface area contributed by atoms with Gasteiger partial charge in [0.2, 0.25) is 5.91 Å². The van der Waals surface area contributed by atoms with Crippen LogP contribution >= 0.6 is 11.3 Å². The molecule has 7 heteroatoms. The van der Waals surface area contributed by atoms with Crippen molar-refractivity contribution in [2.45, 2.75) is 38.0 Å². The van der Waals surface area contributed by atoms with Gasteiger partial charge in [0.05, 0.1) is 10.6 Å². The van der Waals surface area contributed by atoms with Crippen LogP contribution in [-0.4, -0.2) is 25.1 Å². The van der Waals surface area contributed by atoms with E-state index in [0.717, 1.165) is 30.5 Å². The molecule has 1 aliphatic carbocycles. The lowest BCUT2D eigenvalue weighted by atomic mass is 9.93. The molecule has 1 heterocycles. The fourth-order valence-electron chi connectivity index (χ4n) is 2.75. The van der Waals surface area contributed by atoms with Gasteiger partial charge in [0.25, 0.3) is 0 Å². The molecule has 1 aromatic carbocycles. The second-order valence-electron chi connectivity index (χ2n) is 6.36. The van der Waals surface area contributed by atoms with E-state index in [2.05, 4.69) is 17.2 Å². The highest BCUT2D eigenvalue weighted by molar-refractivity contribution is 7.92. The minimum atomic E-state index is -3.64. The van der Waals surface area contributed by atoms with E-state index >= 15 is 0 Å². The van der Waals surface area contributed by atoms with Gasteiger partial charge in [0, 0.05) is 4.88 Å². The first-order chi connectivity index (χ1) is 11.3. The van der Waals surface area contributed by atoms with Crippen molar-refractivity contribution in [1.29, 1.82) is 0 Å². The number of fused-ring (bicyclic) bond motifs is 1. The minimum Gasteiger partial charge on any atom is -0.301 e. The van der Waals surface area contributed by atoms with Gasteiger partial charge in [0.15, 0.2) is 15.0 Å². The van der Waals surface area contributed by atoms with Crippen LogP contribution in [0.2, 0.25) is 0 Å². The van der Waals surface area contributed by atoms with Crippen molar-refractivity contribution in [1.82, 2.24) is 4.98 Å². The number of carbonyl (C=O) groups excluding carboxylic acids is 1. The van der Waals surface area contributed by atoms with Gasteiger partial charge in [-0.1, -0.05) is 24.6 Å². The molecule has 0 spiro atoms. The molecule has 0 bridgehead atoms. The predicted molar refractivity (Wildman–Crippen MR) is 95.2 cm³/mol.